The van der Waals surface area contributed by atoms with Gasteiger partial charge in [0.2, 0.25) is 15.9 Å². The highest BCUT2D eigenvalue weighted by Gasteiger charge is 2.30. The molecule has 0 bridgehead atoms. The first-order valence-electron chi connectivity index (χ1n) is 8.48. The summed E-state index contributed by atoms with van der Waals surface area (Å²) in [5, 5.41) is 3.18. The SMILES string of the molecule is CC(C)(C)NC(=O)CN1CCCN(S(=O)(=O)c2cccc(Cl)c2Cl)CC1. The van der Waals surface area contributed by atoms with Gasteiger partial charge in [-0.05, 0) is 45.9 Å². The fraction of sp³-hybridized carbons (Fsp3) is 0.588. The summed E-state index contributed by atoms with van der Waals surface area (Å²) < 4.78 is 27.2. The van der Waals surface area contributed by atoms with Crippen molar-refractivity contribution in [2.24, 2.45) is 0 Å². The second-order valence-corrected chi connectivity index (χ2v) is 10.1. The Morgan fingerprint density at radius 2 is 1.85 bits per heavy atom. The minimum absolute atomic E-state index is 0.0191. The zero-order chi connectivity index (χ0) is 19.5. The molecule has 26 heavy (non-hydrogen) atoms. The standard InChI is InChI=1S/C17H25Cl2N3O3S/c1-17(2,3)20-15(23)12-21-8-5-9-22(11-10-21)26(24,25)14-7-4-6-13(18)16(14)19/h4,6-7H,5,8-12H2,1-3H3,(H,20,23). The lowest BCUT2D eigenvalue weighted by atomic mass is 10.1. The third-order valence-electron chi connectivity index (χ3n) is 3.96. The predicted octanol–water partition coefficient (Wildman–Crippen LogP) is 2.60. The molecule has 1 aliphatic rings. The summed E-state index contributed by atoms with van der Waals surface area (Å²) in [5.74, 6) is -0.0632. The van der Waals surface area contributed by atoms with Crippen LogP contribution in [0.4, 0.5) is 0 Å². The molecule has 1 heterocycles. The predicted molar refractivity (Wildman–Crippen MR) is 104 cm³/mol. The molecule has 1 N–H and O–H groups in total. The van der Waals surface area contributed by atoms with Crippen molar-refractivity contribution in [3.05, 3.63) is 28.2 Å². The third-order valence-corrected chi connectivity index (χ3v) is 6.84. The highest BCUT2D eigenvalue weighted by atomic mass is 35.5. The molecule has 1 fully saturated rings. The molecule has 1 saturated heterocycles. The maximum absolute atomic E-state index is 12.9. The van der Waals surface area contributed by atoms with Crippen LogP contribution in [0.25, 0.3) is 0 Å². The third kappa shape index (κ3) is 5.57. The summed E-state index contributed by atoms with van der Waals surface area (Å²) in [6, 6.07) is 4.59. The highest BCUT2D eigenvalue weighted by Crippen LogP contribution is 2.31. The minimum atomic E-state index is -3.73. The number of sulfonamides is 1. The van der Waals surface area contributed by atoms with Crippen molar-refractivity contribution in [1.29, 1.82) is 0 Å². The van der Waals surface area contributed by atoms with Gasteiger partial charge in [0.05, 0.1) is 16.6 Å². The fourth-order valence-corrected chi connectivity index (χ4v) is 5.03. The fourth-order valence-electron chi connectivity index (χ4n) is 2.83. The van der Waals surface area contributed by atoms with Gasteiger partial charge >= 0.3 is 0 Å². The monoisotopic (exact) mass is 421 g/mol. The van der Waals surface area contributed by atoms with Crippen LogP contribution in [0.2, 0.25) is 10.0 Å². The van der Waals surface area contributed by atoms with E-state index in [-0.39, 0.29) is 32.9 Å². The Morgan fingerprint density at radius 3 is 2.50 bits per heavy atom. The number of benzene rings is 1. The van der Waals surface area contributed by atoms with Crippen LogP contribution in [-0.2, 0) is 14.8 Å². The van der Waals surface area contributed by atoms with Gasteiger partial charge in [0.25, 0.3) is 0 Å². The minimum Gasteiger partial charge on any atom is -0.350 e. The van der Waals surface area contributed by atoms with Gasteiger partial charge < -0.3 is 5.32 Å². The van der Waals surface area contributed by atoms with Gasteiger partial charge in [-0.25, -0.2) is 8.42 Å². The number of amides is 1. The first-order valence-corrected chi connectivity index (χ1v) is 10.7. The maximum Gasteiger partial charge on any atom is 0.244 e. The second-order valence-electron chi connectivity index (χ2n) is 7.38. The molecule has 1 aromatic rings. The van der Waals surface area contributed by atoms with Gasteiger partial charge in [-0.15, -0.1) is 0 Å². The van der Waals surface area contributed by atoms with E-state index in [1.165, 1.54) is 10.4 Å². The molecule has 9 heteroatoms. The van der Waals surface area contributed by atoms with Crippen molar-refractivity contribution in [1.82, 2.24) is 14.5 Å². The number of nitrogens with one attached hydrogen (secondary N) is 1. The summed E-state index contributed by atoms with van der Waals surface area (Å²) in [4.78, 5) is 14.1. The van der Waals surface area contributed by atoms with Gasteiger partial charge in [0.1, 0.15) is 4.90 Å². The van der Waals surface area contributed by atoms with Gasteiger partial charge in [-0.1, -0.05) is 29.3 Å². The van der Waals surface area contributed by atoms with E-state index < -0.39 is 10.0 Å². The summed E-state index contributed by atoms with van der Waals surface area (Å²) in [5.41, 5.74) is -0.290. The number of carbonyl (C=O) groups excluding carboxylic acids is 1. The Hall–Kier alpha value is -0.860. The highest BCUT2D eigenvalue weighted by molar-refractivity contribution is 7.89. The molecule has 0 unspecified atom stereocenters. The molecule has 0 spiro atoms. The molecule has 2 rings (SSSR count). The number of hydrogen-bond acceptors (Lipinski definition) is 4. The first kappa shape index (κ1) is 21.4. The molecular formula is C17H25Cl2N3O3S. The van der Waals surface area contributed by atoms with E-state index >= 15 is 0 Å². The van der Waals surface area contributed by atoms with E-state index in [1.54, 1.807) is 12.1 Å². The first-order chi connectivity index (χ1) is 12.0. The van der Waals surface area contributed by atoms with Gasteiger partial charge in [0.15, 0.2) is 0 Å². The van der Waals surface area contributed by atoms with Crippen LogP contribution in [0.1, 0.15) is 27.2 Å². The van der Waals surface area contributed by atoms with Crippen LogP contribution in [-0.4, -0.2) is 61.8 Å². The van der Waals surface area contributed by atoms with E-state index in [2.05, 4.69) is 5.32 Å². The van der Waals surface area contributed by atoms with E-state index in [4.69, 9.17) is 23.2 Å². The Labute approximate surface area is 165 Å². The van der Waals surface area contributed by atoms with Crippen LogP contribution >= 0.6 is 23.2 Å². The van der Waals surface area contributed by atoms with Crippen molar-refractivity contribution >= 4 is 39.1 Å². The number of hydrogen-bond donors (Lipinski definition) is 1. The lowest BCUT2D eigenvalue weighted by molar-refractivity contribution is -0.123. The average molecular weight is 422 g/mol. The molecule has 1 amide bonds. The van der Waals surface area contributed by atoms with E-state index in [0.29, 0.717) is 32.6 Å². The number of carbonyl (C=O) groups is 1. The van der Waals surface area contributed by atoms with Crippen LogP contribution in [0, 0.1) is 0 Å². The van der Waals surface area contributed by atoms with Crippen molar-refractivity contribution in [3.63, 3.8) is 0 Å². The van der Waals surface area contributed by atoms with Gasteiger partial charge in [0, 0.05) is 25.2 Å². The lowest BCUT2D eigenvalue weighted by Crippen LogP contribution is -2.46. The molecule has 0 saturated carbocycles. The molecule has 146 valence electrons. The lowest BCUT2D eigenvalue weighted by Gasteiger charge is -2.25. The van der Waals surface area contributed by atoms with E-state index in [9.17, 15) is 13.2 Å². The molecule has 0 aliphatic carbocycles. The summed E-state index contributed by atoms with van der Waals surface area (Å²) in [6.45, 7) is 7.85. The van der Waals surface area contributed by atoms with Crippen molar-refractivity contribution in [3.8, 4) is 0 Å². The smallest absolute Gasteiger partial charge is 0.244 e. The normalized spacial score (nSPS) is 17.7. The molecule has 1 aromatic carbocycles. The Balaban J connectivity index is 2.06. The molecule has 0 aromatic heterocycles. The Bertz CT molecular complexity index is 763. The van der Waals surface area contributed by atoms with Crippen molar-refractivity contribution in [2.75, 3.05) is 32.7 Å². The van der Waals surface area contributed by atoms with E-state index in [0.717, 1.165) is 0 Å². The summed E-state index contributed by atoms with van der Waals surface area (Å²) in [7, 11) is -3.73. The molecule has 6 nitrogen and oxygen atoms in total. The van der Waals surface area contributed by atoms with Crippen LogP contribution in [0.5, 0.6) is 0 Å². The number of rotatable bonds is 4. The summed E-state index contributed by atoms with van der Waals surface area (Å²) >= 11 is 12.1. The van der Waals surface area contributed by atoms with Crippen LogP contribution in [0.3, 0.4) is 0 Å². The van der Waals surface area contributed by atoms with Crippen LogP contribution < -0.4 is 5.32 Å². The zero-order valence-corrected chi connectivity index (χ0v) is 17.6. The second kappa shape index (κ2) is 8.44. The quantitative estimate of drug-likeness (QED) is 0.810. The molecular weight excluding hydrogens is 397 g/mol. The molecule has 1 aliphatic heterocycles. The zero-order valence-electron chi connectivity index (χ0n) is 15.3. The maximum atomic E-state index is 12.9. The van der Waals surface area contributed by atoms with Crippen molar-refractivity contribution in [2.45, 2.75) is 37.6 Å². The largest absolute Gasteiger partial charge is 0.350 e. The topological polar surface area (TPSA) is 69.7 Å². The number of nitrogens with zero attached hydrogens (tertiary/aromatic N) is 2. The Morgan fingerprint density at radius 1 is 1.15 bits per heavy atom. The van der Waals surface area contributed by atoms with Gasteiger partial charge in [-0.3, -0.25) is 9.69 Å². The van der Waals surface area contributed by atoms with E-state index in [1.807, 2.05) is 25.7 Å². The van der Waals surface area contributed by atoms with Crippen LogP contribution in [0.15, 0.2) is 23.1 Å². The Kier molecular flexibility index (Phi) is 6.96. The number of halogens is 2. The molecule has 0 atom stereocenters. The summed E-state index contributed by atoms with van der Waals surface area (Å²) in [6.07, 6.45) is 0.639. The van der Waals surface area contributed by atoms with Crippen molar-refractivity contribution < 1.29 is 13.2 Å². The average Bonchev–Trinajstić information content (AvgIpc) is 2.74. The van der Waals surface area contributed by atoms with Gasteiger partial charge in [-0.2, -0.15) is 4.31 Å². The molecule has 0 radical (unpaired) electrons.